The van der Waals surface area contributed by atoms with Crippen molar-refractivity contribution in [2.75, 3.05) is 0 Å². The highest BCUT2D eigenvalue weighted by molar-refractivity contribution is 5.25. The SMILES string of the molecule is CC1(C)C=CC=C(F)C1(C)C. The molecule has 0 aromatic heterocycles. The van der Waals surface area contributed by atoms with Gasteiger partial charge in [-0.15, -0.1) is 0 Å². The average Bonchev–Trinajstić information content (AvgIpc) is 1.84. The molecule has 0 saturated heterocycles. The topological polar surface area (TPSA) is 0 Å². The molecule has 0 fully saturated rings. The molecule has 0 radical (unpaired) electrons. The predicted octanol–water partition coefficient (Wildman–Crippen LogP) is 3.46. The van der Waals surface area contributed by atoms with E-state index in [9.17, 15) is 4.39 Å². The van der Waals surface area contributed by atoms with Crippen molar-refractivity contribution in [1.29, 1.82) is 0 Å². The Kier molecular flexibility index (Phi) is 1.70. The highest BCUT2D eigenvalue weighted by Crippen LogP contribution is 2.47. The molecular formula is C10H15F. The van der Waals surface area contributed by atoms with E-state index in [2.05, 4.69) is 19.9 Å². The Morgan fingerprint density at radius 1 is 1.18 bits per heavy atom. The molecule has 11 heavy (non-hydrogen) atoms. The molecule has 0 saturated carbocycles. The third kappa shape index (κ3) is 1.13. The van der Waals surface area contributed by atoms with Crippen LogP contribution in [0.3, 0.4) is 0 Å². The molecule has 1 heteroatoms. The van der Waals surface area contributed by atoms with Crippen LogP contribution in [0.5, 0.6) is 0 Å². The van der Waals surface area contributed by atoms with Crippen LogP contribution in [-0.4, -0.2) is 0 Å². The van der Waals surface area contributed by atoms with Crippen molar-refractivity contribution < 1.29 is 4.39 Å². The summed E-state index contributed by atoms with van der Waals surface area (Å²) in [7, 11) is 0. The van der Waals surface area contributed by atoms with Crippen molar-refractivity contribution in [3.8, 4) is 0 Å². The summed E-state index contributed by atoms with van der Waals surface area (Å²) in [5.41, 5.74) is -0.437. The summed E-state index contributed by atoms with van der Waals surface area (Å²) in [5, 5.41) is 0. The maximum atomic E-state index is 13.3. The highest BCUT2D eigenvalue weighted by Gasteiger charge is 2.39. The number of halogens is 1. The van der Waals surface area contributed by atoms with Gasteiger partial charge < -0.3 is 0 Å². The Balaban J connectivity index is 3.09. The summed E-state index contributed by atoms with van der Waals surface area (Å²) in [6.45, 7) is 7.97. The number of allylic oxidation sites excluding steroid dienone is 4. The van der Waals surface area contributed by atoms with Crippen LogP contribution in [0, 0.1) is 10.8 Å². The Bertz CT molecular complexity index is 219. The van der Waals surface area contributed by atoms with Gasteiger partial charge in [0, 0.05) is 5.41 Å². The molecule has 0 unspecified atom stereocenters. The molecule has 62 valence electrons. The molecule has 0 N–H and O–H groups in total. The van der Waals surface area contributed by atoms with Gasteiger partial charge in [-0.2, -0.15) is 0 Å². The molecule has 0 aromatic rings. The summed E-state index contributed by atoms with van der Waals surface area (Å²) < 4.78 is 13.3. The van der Waals surface area contributed by atoms with E-state index in [4.69, 9.17) is 0 Å². The van der Waals surface area contributed by atoms with Crippen molar-refractivity contribution in [2.45, 2.75) is 27.7 Å². The zero-order chi connectivity index (χ0) is 8.70. The third-order valence-corrected chi connectivity index (χ3v) is 2.96. The van der Waals surface area contributed by atoms with E-state index in [-0.39, 0.29) is 16.7 Å². The monoisotopic (exact) mass is 154 g/mol. The molecule has 0 bridgehead atoms. The molecular weight excluding hydrogens is 139 g/mol. The van der Waals surface area contributed by atoms with Gasteiger partial charge >= 0.3 is 0 Å². The van der Waals surface area contributed by atoms with Gasteiger partial charge in [-0.05, 0) is 11.5 Å². The Labute approximate surface area is 67.8 Å². The molecule has 0 aliphatic heterocycles. The van der Waals surface area contributed by atoms with Gasteiger partial charge in [0.25, 0.3) is 0 Å². The van der Waals surface area contributed by atoms with Gasteiger partial charge in [-0.1, -0.05) is 39.8 Å². The van der Waals surface area contributed by atoms with Crippen LogP contribution in [-0.2, 0) is 0 Å². The molecule has 1 aliphatic carbocycles. The van der Waals surface area contributed by atoms with Crippen LogP contribution in [0.2, 0.25) is 0 Å². The average molecular weight is 154 g/mol. The van der Waals surface area contributed by atoms with E-state index in [1.54, 1.807) is 12.2 Å². The highest BCUT2D eigenvalue weighted by atomic mass is 19.1. The summed E-state index contributed by atoms with van der Waals surface area (Å²) in [4.78, 5) is 0. The summed E-state index contributed by atoms with van der Waals surface area (Å²) >= 11 is 0. The first kappa shape index (κ1) is 8.51. The van der Waals surface area contributed by atoms with Gasteiger partial charge in [0.15, 0.2) is 0 Å². The lowest BCUT2D eigenvalue weighted by atomic mass is 9.65. The minimum atomic E-state index is -0.359. The van der Waals surface area contributed by atoms with Crippen molar-refractivity contribution in [3.05, 3.63) is 24.1 Å². The lowest BCUT2D eigenvalue weighted by molar-refractivity contribution is 0.172. The van der Waals surface area contributed by atoms with Gasteiger partial charge in [0.05, 0.1) is 0 Å². The lowest BCUT2D eigenvalue weighted by Crippen LogP contribution is -2.32. The minimum absolute atomic E-state index is 0.0231. The fourth-order valence-electron chi connectivity index (χ4n) is 1.10. The second kappa shape index (κ2) is 2.20. The number of rotatable bonds is 0. The predicted molar refractivity (Wildman–Crippen MR) is 45.9 cm³/mol. The van der Waals surface area contributed by atoms with Crippen LogP contribution in [0.15, 0.2) is 24.1 Å². The Morgan fingerprint density at radius 2 is 1.73 bits per heavy atom. The van der Waals surface area contributed by atoms with Crippen LogP contribution >= 0.6 is 0 Å². The standard InChI is InChI=1S/C10H15F/c1-9(2)7-5-6-8(11)10(9,3)4/h5-7H,1-4H3. The van der Waals surface area contributed by atoms with Crippen molar-refractivity contribution >= 4 is 0 Å². The van der Waals surface area contributed by atoms with E-state index in [1.165, 1.54) is 0 Å². The third-order valence-electron chi connectivity index (χ3n) is 2.96. The van der Waals surface area contributed by atoms with Crippen LogP contribution in [0.4, 0.5) is 4.39 Å². The Hall–Kier alpha value is -0.590. The van der Waals surface area contributed by atoms with E-state index in [1.807, 2.05) is 13.8 Å². The van der Waals surface area contributed by atoms with E-state index >= 15 is 0 Å². The van der Waals surface area contributed by atoms with Gasteiger partial charge in [0.1, 0.15) is 5.83 Å². The van der Waals surface area contributed by atoms with Crippen molar-refractivity contribution in [3.63, 3.8) is 0 Å². The quantitative estimate of drug-likeness (QED) is 0.501. The molecule has 0 aromatic carbocycles. The lowest BCUT2D eigenvalue weighted by Gasteiger charge is -2.40. The minimum Gasteiger partial charge on any atom is -0.211 e. The maximum Gasteiger partial charge on any atom is 0.106 e. The van der Waals surface area contributed by atoms with Crippen LogP contribution in [0.25, 0.3) is 0 Å². The second-order valence-electron chi connectivity index (χ2n) is 4.22. The van der Waals surface area contributed by atoms with Crippen molar-refractivity contribution in [2.24, 2.45) is 10.8 Å². The first-order chi connectivity index (χ1) is 4.88. The molecule has 0 spiro atoms. The Morgan fingerprint density at radius 3 is 2.09 bits per heavy atom. The summed E-state index contributed by atoms with van der Waals surface area (Å²) in [6, 6.07) is 0. The molecule has 0 amide bonds. The summed E-state index contributed by atoms with van der Waals surface area (Å²) in [5.74, 6) is -0.0231. The molecule has 0 heterocycles. The van der Waals surface area contributed by atoms with E-state index < -0.39 is 0 Å². The van der Waals surface area contributed by atoms with Crippen LogP contribution < -0.4 is 0 Å². The zero-order valence-corrected chi connectivity index (χ0v) is 7.61. The van der Waals surface area contributed by atoms with Crippen LogP contribution in [0.1, 0.15) is 27.7 Å². The summed E-state index contributed by atoms with van der Waals surface area (Å²) in [6.07, 6.45) is 5.39. The first-order valence-corrected chi connectivity index (χ1v) is 3.93. The second-order valence-corrected chi connectivity index (χ2v) is 4.22. The normalized spacial score (nSPS) is 26.5. The molecule has 0 nitrogen and oxygen atoms in total. The molecule has 1 aliphatic rings. The number of hydrogen-bond donors (Lipinski definition) is 0. The van der Waals surface area contributed by atoms with E-state index in [0.717, 1.165) is 0 Å². The van der Waals surface area contributed by atoms with Gasteiger partial charge in [-0.25, -0.2) is 4.39 Å². The zero-order valence-electron chi connectivity index (χ0n) is 7.61. The fourth-order valence-corrected chi connectivity index (χ4v) is 1.10. The maximum absolute atomic E-state index is 13.3. The molecule has 1 rings (SSSR count). The fraction of sp³-hybridized carbons (Fsp3) is 0.600. The van der Waals surface area contributed by atoms with Gasteiger partial charge in [0.2, 0.25) is 0 Å². The molecule has 0 atom stereocenters. The smallest absolute Gasteiger partial charge is 0.106 e. The van der Waals surface area contributed by atoms with Gasteiger partial charge in [-0.3, -0.25) is 0 Å². The van der Waals surface area contributed by atoms with E-state index in [0.29, 0.717) is 0 Å². The largest absolute Gasteiger partial charge is 0.211 e. The van der Waals surface area contributed by atoms with Crippen molar-refractivity contribution in [1.82, 2.24) is 0 Å². The first-order valence-electron chi connectivity index (χ1n) is 3.93. The number of hydrogen-bond acceptors (Lipinski definition) is 0.